The van der Waals surface area contributed by atoms with Crippen LogP contribution in [0.1, 0.15) is 16.8 Å². The normalized spacial score (nSPS) is 16.0. The van der Waals surface area contributed by atoms with Crippen molar-refractivity contribution in [3.8, 4) is 11.4 Å². The maximum Gasteiger partial charge on any atom is 0.335 e. The second-order valence-corrected chi connectivity index (χ2v) is 8.99. The van der Waals surface area contributed by atoms with E-state index < -0.39 is 12.0 Å². The van der Waals surface area contributed by atoms with Crippen LogP contribution in [-0.4, -0.2) is 84.5 Å². The molecule has 0 bridgehead atoms. The first-order valence-corrected chi connectivity index (χ1v) is 12.6. The molecule has 0 unspecified atom stereocenters. The minimum Gasteiger partial charge on any atom is -0.478 e. The molecule has 12 nitrogen and oxygen atoms in total. The van der Waals surface area contributed by atoms with Gasteiger partial charge in [0.1, 0.15) is 0 Å². The topological polar surface area (TPSA) is 145 Å². The number of urea groups is 1. The van der Waals surface area contributed by atoms with Gasteiger partial charge in [0.2, 0.25) is 11.9 Å². The number of aromatic carboxylic acids is 1. The Hall–Kier alpha value is -4.29. The monoisotopic (exact) mass is 518 g/mol. The van der Waals surface area contributed by atoms with Gasteiger partial charge in [0.05, 0.1) is 18.8 Å². The summed E-state index contributed by atoms with van der Waals surface area (Å²) in [5.41, 5.74) is 2.04. The molecule has 0 aliphatic carbocycles. The first kappa shape index (κ1) is 25.4. The fourth-order valence-corrected chi connectivity index (χ4v) is 4.27. The zero-order valence-corrected chi connectivity index (χ0v) is 20.9. The number of amides is 2. The van der Waals surface area contributed by atoms with Gasteiger partial charge in [-0.05, 0) is 61.5 Å². The van der Waals surface area contributed by atoms with Crippen LogP contribution in [0.4, 0.5) is 28.1 Å². The number of hydrogen-bond donors (Lipinski definition) is 4. The van der Waals surface area contributed by atoms with Crippen molar-refractivity contribution in [2.24, 2.45) is 0 Å². The van der Waals surface area contributed by atoms with E-state index in [2.05, 4.69) is 25.8 Å². The number of nitrogens with zero attached hydrogens (tertiary/aromatic N) is 5. The highest BCUT2D eigenvalue weighted by atomic mass is 16.5. The Morgan fingerprint density at radius 3 is 2.03 bits per heavy atom. The minimum absolute atomic E-state index is 0.150. The molecule has 198 valence electrons. The number of rotatable bonds is 6. The van der Waals surface area contributed by atoms with Gasteiger partial charge in [0.15, 0.2) is 5.82 Å². The number of aromatic nitrogens is 3. The molecule has 0 saturated carbocycles. The molecule has 12 heteroatoms. The summed E-state index contributed by atoms with van der Waals surface area (Å²) in [7, 11) is 0. The van der Waals surface area contributed by atoms with Crippen molar-refractivity contribution in [3.05, 3.63) is 54.1 Å². The largest absolute Gasteiger partial charge is 0.478 e. The van der Waals surface area contributed by atoms with Crippen LogP contribution in [0.5, 0.6) is 0 Å². The third-order valence-corrected chi connectivity index (χ3v) is 6.32. The Bertz CT molecular complexity index is 1260. The Labute approximate surface area is 220 Å². The zero-order chi connectivity index (χ0) is 26.3. The summed E-state index contributed by atoms with van der Waals surface area (Å²) in [5, 5.41) is 17.9. The summed E-state index contributed by atoms with van der Waals surface area (Å²) in [5.74, 6) is 0.854. The van der Waals surface area contributed by atoms with Gasteiger partial charge in [-0.15, -0.1) is 0 Å². The van der Waals surface area contributed by atoms with E-state index in [9.17, 15) is 9.59 Å². The third kappa shape index (κ3) is 6.33. The highest BCUT2D eigenvalue weighted by molar-refractivity contribution is 6.00. The highest BCUT2D eigenvalue weighted by Gasteiger charge is 2.20. The summed E-state index contributed by atoms with van der Waals surface area (Å²) in [4.78, 5) is 42.1. The molecule has 5 rings (SSSR count). The predicted octanol–water partition coefficient (Wildman–Crippen LogP) is 2.52. The van der Waals surface area contributed by atoms with Crippen LogP contribution in [0.15, 0.2) is 48.5 Å². The maximum atomic E-state index is 12.4. The van der Waals surface area contributed by atoms with Crippen molar-refractivity contribution in [2.45, 2.75) is 6.42 Å². The average Bonchev–Trinajstić information content (AvgIpc) is 3.24. The lowest BCUT2D eigenvalue weighted by molar-refractivity contribution is 0.0697. The number of carboxylic acids is 1. The molecular formula is C26H30N8O4. The molecule has 3 heterocycles. The number of carbonyl (C=O) groups excluding carboxylic acids is 1. The average molecular weight is 519 g/mol. The number of carboxylic acid groups (broad SMARTS) is 1. The third-order valence-electron chi connectivity index (χ3n) is 6.32. The molecule has 1 aromatic heterocycles. The highest BCUT2D eigenvalue weighted by Crippen LogP contribution is 2.24. The molecule has 0 spiro atoms. The van der Waals surface area contributed by atoms with Crippen LogP contribution < -0.4 is 25.8 Å². The fourth-order valence-electron chi connectivity index (χ4n) is 4.27. The number of carbonyl (C=O) groups is 2. The Morgan fingerprint density at radius 2 is 1.39 bits per heavy atom. The lowest BCUT2D eigenvalue weighted by Crippen LogP contribution is -2.38. The van der Waals surface area contributed by atoms with Gasteiger partial charge in [0.25, 0.3) is 0 Å². The molecule has 2 fully saturated rings. The number of ether oxygens (including phenoxy) is 1. The van der Waals surface area contributed by atoms with E-state index in [1.807, 2.05) is 12.1 Å². The summed E-state index contributed by atoms with van der Waals surface area (Å²) in [6, 6.07) is 12.8. The second kappa shape index (κ2) is 11.8. The Morgan fingerprint density at radius 1 is 0.789 bits per heavy atom. The van der Waals surface area contributed by atoms with Gasteiger partial charge in [-0.3, -0.25) is 0 Å². The number of benzene rings is 2. The fraction of sp³-hybridized carbons (Fsp3) is 0.346. The first-order valence-electron chi connectivity index (χ1n) is 12.6. The van der Waals surface area contributed by atoms with Crippen molar-refractivity contribution >= 4 is 35.3 Å². The number of anilines is 4. The van der Waals surface area contributed by atoms with Gasteiger partial charge in [0, 0.05) is 49.7 Å². The van der Waals surface area contributed by atoms with E-state index in [-0.39, 0.29) is 5.56 Å². The van der Waals surface area contributed by atoms with E-state index in [0.717, 1.165) is 51.3 Å². The van der Waals surface area contributed by atoms with E-state index in [1.165, 1.54) is 24.3 Å². The molecule has 2 aliphatic rings. The van der Waals surface area contributed by atoms with Gasteiger partial charge in [-0.2, -0.15) is 15.0 Å². The Balaban J connectivity index is 1.32. The Kier molecular flexibility index (Phi) is 7.90. The van der Waals surface area contributed by atoms with Gasteiger partial charge in [-0.1, -0.05) is 0 Å². The molecule has 2 aliphatic heterocycles. The zero-order valence-electron chi connectivity index (χ0n) is 20.9. The van der Waals surface area contributed by atoms with Crippen molar-refractivity contribution in [1.29, 1.82) is 0 Å². The van der Waals surface area contributed by atoms with Crippen LogP contribution in [-0.2, 0) is 4.74 Å². The van der Waals surface area contributed by atoms with Gasteiger partial charge >= 0.3 is 12.0 Å². The van der Waals surface area contributed by atoms with Crippen LogP contribution in [0, 0.1) is 0 Å². The lowest BCUT2D eigenvalue weighted by atomic mass is 10.2. The van der Waals surface area contributed by atoms with E-state index in [4.69, 9.17) is 24.8 Å². The van der Waals surface area contributed by atoms with Gasteiger partial charge in [-0.25, -0.2) is 9.59 Å². The molecule has 38 heavy (non-hydrogen) atoms. The molecule has 2 aromatic carbocycles. The SMILES string of the molecule is O=C(Nc1ccc(C(=O)O)cc1)Nc1ccc(-c2nc(N3CCCNCC3)nc(N3CCOCC3)n2)cc1. The molecule has 2 saturated heterocycles. The molecule has 4 N–H and O–H groups in total. The van der Waals surface area contributed by atoms with Crippen molar-refractivity contribution in [2.75, 3.05) is 72.9 Å². The number of hydrogen-bond acceptors (Lipinski definition) is 9. The van der Waals surface area contributed by atoms with E-state index in [0.29, 0.717) is 42.3 Å². The van der Waals surface area contributed by atoms with Crippen LogP contribution in [0.2, 0.25) is 0 Å². The standard InChI is InChI=1S/C26H30N8O4/c35-23(36)19-4-8-21(9-5-19)29-26(37)28-20-6-2-18(3-7-20)22-30-24(33-12-1-10-27-11-13-33)32-25(31-22)34-14-16-38-17-15-34/h2-9,27H,1,10-17H2,(H,35,36)(H2,28,29,37). The quantitative estimate of drug-likeness (QED) is 0.384. The molecule has 0 radical (unpaired) electrons. The van der Waals surface area contributed by atoms with Crippen molar-refractivity contribution in [1.82, 2.24) is 20.3 Å². The summed E-state index contributed by atoms with van der Waals surface area (Å²) in [6.07, 6.45) is 1.01. The van der Waals surface area contributed by atoms with Crippen LogP contribution in [0.3, 0.4) is 0 Å². The summed E-state index contributed by atoms with van der Waals surface area (Å²) in [6.45, 7) is 6.26. The molecule has 2 amide bonds. The van der Waals surface area contributed by atoms with Crippen molar-refractivity contribution in [3.63, 3.8) is 0 Å². The lowest BCUT2D eigenvalue weighted by Gasteiger charge is -2.28. The predicted molar refractivity (Wildman–Crippen MR) is 144 cm³/mol. The second-order valence-electron chi connectivity index (χ2n) is 8.99. The van der Waals surface area contributed by atoms with Crippen LogP contribution in [0.25, 0.3) is 11.4 Å². The smallest absolute Gasteiger partial charge is 0.335 e. The van der Waals surface area contributed by atoms with E-state index >= 15 is 0 Å². The molecular weight excluding hydrogens is 488 g/mol. The van der Waals surface area contributed by atoms with Crippen LogP contribution >= 0.6 is 0 Å². The minimum atomic E-state index is -1.02. The van der Waals surface area contributed by atoms with Crippen molar-refractivity contribution < 1.29 is 19.4 Å². The molecule has 3 aromatic rings. The summed E-state index contributed by atoms with van der Waals surface area (Å²) < 4.78 is 5.50. The maximum absolute atomic E-state index is 12.4. The number of nitrogens with one attached hydrogen (secondary N) is 3. The summed E-state index contributed by atoms with van der Waals surface area (Å²) >= 11 is 0. The van der Waals surface area contributed by atoms with E-state index in [1.54, 1.807) is 12.1 Å². The first-order chi connectivity index (χ1) is 18.5. The van der Waals surface area contributed by atoms with Gasteiger partial charge < -0.3 is 35.6 Å². The molecule has 0 atom stereocenters. The number of morpholine rings is 1.